The highest BCUT2D eigenvalue weighted by Crippen LogP contribution is 2.16. The molecule has 1 fully saturated rings. The number of nitrogens with zero attached hydrogens (tertiary/aromatic N) is 1. The lowest BCUT2D eigenvalue weighted by Gasteiger charge is -2.18. The molecular weight excluding hydrogens is 182 g/mol. The van der Waals surface area contributed by atoms with Crippen molar-refractivity contribution >= 4 is 17.5 Å². The third-order valence-corrected chi connectivity index (χ3v) is 2.10. The highest BCUT2D eigenvalue weighted by atomic mass is 35.5. The molecule has 0 spiro atoms. The molecule has 0 aliphatic carbocycles. The average Bonchev–Trinajstić information content (AvgIpc) is 2.30. The predicted octanol–water partition coefficient (Wildman–Crippen LogP) is -0.821. The van der Waals surface area contributed by atoms with E-state index in [0.29, 0.717) is 13.0 Å². The van der Waals surface area contributed by atoms with Crippen molar-refractivity contribution < 1.29 is 15.0 Å². The molecule has 1 aliphatic heterocycles. The molecule has 2 N–H and O–H groups in total. The third kappa shape index (κ3) is 2.33. The Hall–Kier alpha value is -0.320. The highest BCUT2D eigenvalue weighted by molar-refractivity contribution is 6.22. The van der Waals surface area contributed by atoms with Gasteiger partial charge < -0.3 is 15.1 Å². The number of hydrogen-bond acceptors (Lipinski definition) is 3. The minimum absolute atomic E-state index is 0.0532. The van der Waals surface area contributed by atoms with E-state index in [9.17, 15) is 4.79 Å². The molecule has 5 heteroatoms. The lowest BCUT2D eigenvalue weighted by Crippen LogP contribution is -2.35. The molecule has 0 aromatic rings. The maximum atomic E-state index is 11.1. The smallest absolute Gasteiger partial charge is 0.224 e. The van der Waals surface area contributed by atoms with E-state index in [2.05, 4.69) is 0 Å². The van der Waals surface area contributed by atoms with Gasteiger partial charge in [0.2, 0.25) is 5.91 Å². The van der Waals surface area contributed by atoms with E-state index in [1.54, 1.807) is 0 Å². The Morgan fingerprint density at radius 2 is 2.42 bits per heavy atom. The second kappa shape index (κ2) is 4.07. The van der Waals surface area contributed by atoms with Gasteiger partial charge in [0.15, 0.2) is 0 Å². The van der Waals surface area contributed by atoms with E-state index in [1.165, 1.54) is 4.90 Å². The van der Waals surface area contributed by atoms with Crippen LogP contribution in [0, 0.1) is 0 Å². The number of aliphatic hydroxyl groups is 2. The van der Waals surface area contributed by atoms with Gasteiger partial charge in [-0.3, -0.25) is 4.79 Å². The van der Waals surface area contributed by atoms with Crippen molar-refractivity contribution in [3.63, 3.8) is 0 Å². The molecule has 12 heavy (non-hydrogen) atoms. The van der Waals surface area contributed by atoms with E-state index >= 15 is 0 Å². The van der Waals surface area contributed by atoms with Crippen LogP contribution in [0.5, 0.6) is 0 Å². The van der Waals surface area contributed by atoms with E-state index in [0.717, 1.165) is 0 Å². The summed E-state index contributed by atoms with van der Waals surface area (Å²) in [5.41, 5.74) is 0. The quantitative estimate of drug-likeness (QED) is 0.576. The summed E-state index contributed by atoms with van der Waals surface area (Å²) >= 11 is 5.72. The van der Waals surface area contributed by atoms with E-state index in [-0.39, 0.29) is 24.4 Å². The van der Waals surface area contributed by atoms with Gasteiger partial charge in [-0.15, -0.1) is 11.6 Å². The molecule has 70 valence electrons. The van der Waals surface area contributed by atoms with Gasteiger partial charge in [0.25, 0.3) is 0 Å². The second-order valence-corrected chi connectivity index (χ2v) is 3.55. The van der Waals surface area contributed by atoms with Crippen LogP contribution in [0.2, 0.25) is 0 Å². The Kier molecular flexibility index (Phi) is 3.31. The fourth-order valence-corrected chi connectivity index (χ4v) is 1.51. The summed E-state index contributed by atoms with van der Waals surface area (Å²) in [7, 11) is 0. The summed E-state index contributed by atoms with van der Waals surface area (Å²) in [5.74, 6) is -0.0532. The Morgan fingerprint density at radius 3 is 2.83 bits per heavy atom. The fourth-order valence-electron chi connectivity index (χ4n) is 1.21. The number of β-amino-alcohol motifs (C(OH)–C–C–N with tert-alkyl or cyclic N) is 1. The first-order chi connectivity index (χ1) is 5.63. The van der Waals surface area contributed by atoms with Gasteiger partial charge in [0.1, 0.15) is 0 Å². The molecule has 1 aliphatic rings. The molecule has 0 radical (unpaired) electrons. The molecule has 0 aromatic carbocycles. The van der Waals surface area contributed by atoms with Gasteiger partial charge in [-0.25, -0.2) is 0 Å². The number of hydrogen-bond donors (Lipinski definition) is 2. The van der Waals surface area contributed by atoms with Crippen LogP contribution in [-0.2, 0) is 4.79 Å². The van der Waals surface area contributed by atoms with Crippen molar-refractivity contribution in [2.75, 3.05) is 19.7 Å². The molecule has 1 amide bonds. The summed E-state index contributed by atoms with van der Waals surface area (Å²) in [5, 5.41) is 17.4. The molecule has 1 rings (SSSR count). The maximum Gasteiger partial charge on any atom is 0.224 e. The molecule has 1 unspecified atom stereocenters. The van der Waals surface area contributed by atoms with Gasteiger partial charge in [-0.05, 0) is 0 Å². The summed E-state index contributed by atoms with van der Waals surface area (Å²) in [6.07, 6.45) is -0.518. The summed E-state index contributed by atoms with van der Waals surface area (Å²) in [4.78, 5) is 12.6. The zero-order valence-corrected chi connectivity index (χ0v) is 7.37. The lowest BCUT2D eigenvalue weighted by atomic mass is 10.3. The summed E-state index contributed by atoms with van der Waals surface area (Å²) in [6, 6.07) is 0. The largest absolute Gasteiger partial charge is 0.394 e. The molecule has 0 bridgehead atoms. The van der Waals surface area contributed by atoms with Crippen LogP contribution < -0.4 is 0 Å². The van der Waals surface area contributed by atoms with Crippen LogP contribution in [0.15, 0.2) is 0 Å². The van der Waals surface area contributed by atoms with E-state index in [1.807, 2.05) is 0 Å². The first-order valence-corrected chi connectivity index (χ1v) is 4.28. The average molecular weight is 194 g/mol. The van der Waals surface area contributed by atoms with E-state index < -0.39 is 6.10 Å². The van der Waals surface area contributed by atoms with Crippen LogP contribution in [0.1, 0.15) is 6.42 Å². The predicted molar refractivity (Wildman–Crippen MR) is 43.9 cm³/mol. The first kappa shape index (κ1) is 9.77. The molecule has 0 aromatic heterocycles. The second-order valence-electron chi connectivity index (χ2n) is 2.94. The standard InChI is InChI=1S/C7H12ClNO3/c8-5-1-7(12)9(2-5)3-6(11)4-10/h5-6,10-11H,1-4H2/t5?,6-/m1/s1. The van der Waals surface area contributed by atoms with Crippen molar-refractivity contribution in [3.8, 4) is 0 Å². The number of halogens is 1. The number of aliphatic hydroxyl groups excluding tert-OH is 2. The van der Waals surface area contributed by atoms with Gasteiger partial charge in [-0.2, -0.15) is 0 Å². The Morgan fingerprint density at radius 1 is 1.75 bits per heavy atom. The van der Waals surface area contributed by atoms with Crippen LogP contribution in [-0.4, -0.2) is 52.2 Å². The molecule has 2 atom stereocenters. The van der Waals surface area contributed by atoms with E-state index in [4.69, 9.17) is 21.8 Å². The minimum Gasteiger partial charge on any atom is -0.394 e. The SMILES string of the molecule is O=C1CC(Cl)CN1C[C@@H](O)CO. The minimum atomic E-state index is -0.851. The fraction of sp³-hybridized carbons (Fsp3) is 0.857. The van der Waals surface area contributed by atoms with Crippen molar-refractivity contribution in [1.29, 1.82) is 0 Å². The zero-order chi connectivity index (χ0) is 9.14. The summed E-state index contributed by atoms with van der Waals surface area (Å²) in [6.45, 7) is 0.326. The Labute approximate surface area is 75.7 Å². The van der Waals surface area contributed by atoms with Crippen LogP contribution in [0.3, 0.4) is 0 Å². The molecule has 1 saturated heterocycles. The molecular formula is C7H12ClNO3. The normalized spacial score (nSPS) is 26.4. The van der Waals surface area contributed by atoms with Gasteiger partial charge in [0.05, 0.1) is 18.1 Å². The van der Waals surface area contributed by atoms with Crippen LogP contribution in [0.4, 0.5) is 0 Å². The monoisotopic (exact) mass is 193 g/mol. The number of carbonyl (C=O) groups excluding carboxylic acids is 1. The first-order valence-electron chi connectivity index (χ1n) is 3.84. The van der Waals surface area contributed by atoms with Crippen LogP contribution >= 0.6 is 11.6 Å². The Balaban J connectivity index is 2.37. The van der Waals surface area contributed by atoms with Gasteiger partial charge in [-0.1, -0.05) is 0 Å². The molecule has 4 nitrogen and oxygen atoms in total. The van der Waals surface area contributed by atoms with Crippen LogP contribution in [0.25, 0.3) is 0 Å². The van der Waals surface area contributed by atoms with Crippen molar-refractivity contribution in [1.82, 2.24) is 4.90 Å². The topological polar surface area (TPSA) is 60.8 Å². The number of alkyl halides is 1. The lowest BCUT2D eigenvalue weighted by molar-refractivity contribution is -0.129. The van der Waals surface area contributed by atoms with Gasteiger partial charge in [0, 0.05) is 19.5 Å². The number of carbonyl (C=O) groups is 1. The molecule has 0 saturated carbocycles. The highest BCUT2D eigenvalue weighted by Gasteiger charge is 2.28. The number of rotatable bonds is 3. The zero-order valence-electron chi connectivity index (χ0n) is 6.61. The van der Waals surface area contributed by atoms with Crippen molar-refractivity contribution in [3.05, 3.63) is 0 Å². The summed E-state index contributed by atoms with van der Waals surface area (Å²) < 4.78 is 0. The van der Waals surface area contributed by atoms with Gasteiger partial charge >= 0.3 is 0 Å². The van der Waals surface area contributed by atoms with Crippen molar-refractivity contribution in [2.45, 2.75) is 17.9 Å². The molecule has 1 heterocycles. The number of likely N-dealkylation sites (tertiary alicyclic amines) is 1. The third-order valence-electron chi connectivity index (χ3n) is 1.81. The van der Waals surface area contributed by atoms with Crippen molar-refractivity contribution in [2.24, 2.45) is 0 Å². The Bertz CT molecular complexity index is 176. The number of amides is 1. The maximum absolute atomic E-state index is 11.1.